The highest BCUT2D eigenvalue weighted by molar-refractivity contribution is 5.83. The molecule has 0 saturated carbocycles. The van der Waals surface area contributed by atoms with Crippen LogP contribution in [0.15, 0.2) is 71.5 Å². The van der Waals surface area contributed by atoms with Gasteiger partial charge in [-0.05, 0) is 60.2 Å². The second kappa shape index (κ2) is 9.06. The third-order valence-electron chi connectivity index (χ3n) is 6.09. The van der Waals surface area contributed by atoms with E-state index in [2.05, 4.69) is 11.1 Å². The third-order valence-corrected chi connectivity index (χ3v) is 6.09. The molecule has 3 aromatic carbocycles. The van der Waals surface area contributed by atoms with Crippen molar-refractivity contribution in [2.45, 2.75) is 33.4 Å². The fraction of sp³-hybridized carbons (Fsp3) is 0.214. The van der Waals surface area contributed by atoms with E-state index in [-0.39, 0.29) is 31.2 Å². The second-order valence-corrected chi connectivity index (χ2v) is 8.77. The first-order valence-corrected chi connectivity index (χ1v) is 11.3. The number of ether oxygens (including phenoxy) is 2. The van der Waals surface area contributed by atoms with Crippen molar-refractivity contribution in [2.24, 2.45) is 0 Å². The molecule has 1 aromatic heterocycles. The number of H-pyrrole nitrogens is 1. The van der Waals surface area contributed by atoms with Gasteiger partial charge in [0.15, 0.2) is 11.5 Å². The summed E-state index contributed by atoms with van der Waals surface area (Å²) in [5.41, 5.74) is 5.20. The first-order chi connectivity index (χ1) is 16.5. The van der Waals surface area contributed by atoms with E-state index in [1.165, 1.54) is 0 Å². The van der Waals surface area contributed by atoms with Crippen molar-refractivity contribution in [1.29, 1.82) is 0 Å². The lowest BCUT2D eigenvalue weighted by atomic mass is 10.0. The minimum Gasteiger partial charge on any atom is -0.454 e. The van der Waals surface area contributed by atoms with Gasteiger partial charge in [0.2, 0.25) is 12.7 Å². The summed E-state index contributed by atoms with van der Waals surface area (Å²) in [6, 6.07) is 21.3. The summed E-state index contributed by atoms with van der Waals surface area (Å²) in [5.74, 6) is 1.31. The smallest absolute Gasteiger partial charge is 0.253 e. The Morgan fingerprint density at radius 1 is 0.912 bits per heavy atom. The van der Waals surface area contributed by atoms with E-state index in [1.807, 2.05) is 74.5 Å². The molecule has 0 atom stereocenters. The van der Waals surface area contributed by atoms with Gasteiger partial charge >= 0.3 is 0 Å². The zero-order valence-corrected chi connectivity index (χ0v) is 19.3. The number of hydrogen-bond donors (Lipinski definition) is 1. The monoisotopic (exact) mass is 454 g/mol. The number of nitrogens with one attached hydrogen (secondary N) is 1. The van der Waals surface area contributed by atoms with Crippen LogP contribution < -0.4 is 15.0 Å². The van der Waals surface area contributed by atoms with Gasteiger partial charge in [-0.3, -0.25) is 9.59 Å². The Kier molecular flexibility index (Phi) is 5.80. The molecule has 0 unspecified atom stereocenters. The van der Waals surface area contributed by atoms with E-state index >= 15 is 0 Å². The molecule has 0 radical (unpaired) electrons. The number of hydrogen-bond acceptors (Lipinski definition) is 4. The van der Waals surface area contributed by atoms with Crippen molar-refractivity contribution < 1.29 is 14.3 Å². The standard InChI is InChI=1S/C28H26N2O4/c1-18-10-19(2)27-22(11-18)14-23(28(32)29-27)16-30(26(31)13-20-6-4-3-5-7-20)15-21-8-9-24-25(12-21)34-17-33-24/h3-12,14H,13,15-17H2,1-2H3,(H,29,32). The maximum Gasteiger partial charge on any atom is 0.253 e. The lowest BCUT2D eigenvalue weighted by Crippen LogP contribution is -2.33. The lowest BCUT2D eigenvalue weighted by Gasteiger charge is -2.23. The number of carbonyl (C=O) groups excluding carboxylic acids is 1. The molecule has 1 amide bonds. The molecule has 172 valence electrons. The highest BCUT2D eigenvalue weighted by Crippen LogP contribution is 2.33. The van der Waals surface area contributed by atoms with Crippen LogP contribution in [-0.2, 0) is 24.3 Å². The summed E-state index contributed by atoms with van der Waals surface area (Å²) in [7, 11) is 0. The predicted octanol–water partition coefficient (Wildman–Crippen LogP) is 4.65. The van der Waals surface area contributed by atoms with Crippen LogP contribution in [0.2, 0.25) is 0 Å². The Morgan fingerprint density at radius 3 is 2.53 bits per heavy atom. The van der Waals surface area contributed by atoms with Crippen molar-refractivity contribution in [1.82, 2.24) is 9.88 Å². The number of rotatable bonds is 6. The van der Waals surface area contributed by atoms with E-state index in [0.29, 0.717) is 23.6 Å². The van der Waals surface area contributed by atoms with Crippen LogP contribution in [0.4, 0.5) is 0 Å². The average Bonchev–Trinajstić information content (AvgIpc) is 3.28. The molecule has 34 heavy (non-hydrogen) atoms. The number of benzene rings is 3. The highest BCUT2D eigenvalue weighted by Gasteiger charge is 2.20. The van der Waals surface area contributed by atoms with E-state index in [4.69, 9.17) is 9.47 Å². The zero-order chi connectivity index (χ0) is 23.7. The molecule has 1 N–H and O–H groups in total. The first kappa shape index (κ1) is 21.8. The topological polar surface area (TPSA) is 71.6 Å². The van der Waals surface area contributed by atoms with Crippen LogP contribution in [0.3, 0.4) is 0 Å². The van der Waals surface area contributed by atoms with E-state index in [1.54, 1.807) is 4.90 Å². The van der Waals surface area contributed by atoms with Gasteiger partial charge in [0, 0.05) is 12.1 Å². The van der Waals surface area contributed by atoms with Crippen LogP contribution in [0, 0.1) is 13.8 Å². The summed E-state index contributed by atoms with van der Waals surface area (Å²) < 4.78 is 10.9. The van der Waals surface area contributed by atoms with Crippen molar-refractivity contribution >= 4 is 16.8 Å². The Bertz CT molecular complexity index is 1430. The third kappa shape index (κ3) is 4.53. The normalized spacial score (nSPS) is 12.2. The Labute approximate surface area is 197 Å². The van der Waals surface area contributed by atoms with Crippen molar-refractivity contribution in [3.63, 3.8) is 0 Å². The fourth-order valence-electron chi connectivity index (χ4n) is 4.43. The van der Waals surface area contributed by atoms with Crippen LogP contribution >= 0.6 is 0 Å². The van der Waals surface area contributed by atoms with E-state index in [9.17, 15) is 9.59 Å². The zero-order valence-electron chi connectivity index (χ0n) is 19.3. The van der Waals surface area contributed by atoms with Crippen LogP contribution in [0.1, 0.15) is 27.8 Å². The Hall–Kier alpha value is -4.06. The first-order valence-electron chi connectivity index (χ1n) is 11.3. The molecule has 0 fully saturated rings. The maximum atomic E-state index is 13.4. The average molecular weight is 455 g/mol. The highest BCUT2D eigenvalue weighted by atomic mass is 16.7. The van der Waals surface area contributed by atoms with Gasteiger partial charge in [-0.2, -0.15) is 0 Å². The summed E-state index contributed by atoms with van der Waals surface area (Å²) in [6.45, 7) is 4.78. The van der Waals surface area contributed by atoms with E-state index < -0.39 is 0 Å². The number of aromatic nitrogens is 1. The van der Waals surface area contributed by atoms with Gasteiger partial charge in [0.1, 0.15) is 0 Å². The van der Waals surface area contributed by atoms with Gasteiger partial charge in [-0.25, -0.2) is 0 Å². The fourth-order valence-corrected chi connectivity index (χ4v) is 4.43. The van der Waals surface area contributed by atoms with Crippen molar-refractivity contribution in [3.8, 4) is 11.5 Å². The molecule has 0 spiro atoms. The number of amides is 1. The van der Waals surface area contributed by atoms with Crippen LogP contribution in [-0.4, -0.2) is 22.6 Å². The molecule has 0 bridgehead atoms. The molecule has 6 nitrogen and oxygen atoms in total. The Morgan fingerprint density at radius 2 is 1.71 bits per heavy atom. The van der Waals surface area contributed by atoms with Gasteiger partial charge in [-0.1, -0.05) is 48.0 Å². The van der Waals surface area contributed by atoms with E-state index in [0.717, 1.165) is 33.2 Å². The van der Waals surface area contributed by atoms with Crippen LogP contribution in [0.25, 0.3) is 10.9 Å². The summed E-state index contributed by atoms with van der Waals surface area (Å²) in [6.07, 6.45) is 0.259. The molecule has 5 rings (SSSR count). The van der Waals surface area contributed by atoms with Crippen molar-refractivity contribution in [3.05, 3.63) is 105 Å². The van der Waals surface area contributed by atoms with Gasteiger partial charge < -0.3 is 19.4 Å². The maximum absolute atomic E-state index is 13.4. The predicted molar refractivity (Wildman–Crippen MR) is 131 cm³/mol. The minimum atomic E-state index is -0.178. The number of carbonyl (C=O) groups is 1. The molecule has 0 aliphatic carbocycles. The SMILES string of the molecule is Cc1cc(C)c2[nH]c(=O)c(CN(Cc3ccc4c(c3)OCO4)C(=O)Cc3ccccc3)cc2c1. The summed E-state index contributed by atoms with van der Waals surface area (Å²) >= 11 is 0. The summed E-state index contributed by atoms with van der Waals surface area (Å²) in [4.78, 5) is 31.1. The molecule has 2 heterocycles. The number of aromatic amines is 1. The number of fused-ring (bicyclic) bond motifs is 2. The largest absolute Gasteiger partial charge is 0.454 e. The number of nitrogens with zero attached hydrogens (tertiary/aromatic N) is 1. The molecular formula is C28H26N2O4. The summed E-state index contributed by atoms with van der Waals surface area (Å²) in [5, 5.41) is 0.964. The molecule has 0 saturated heterocycles. The van der Waals surface area contributed by atoms with Crippen LogP contribution in [0.5, 0.6) is 11.5 Å². The quantitative estimate of drug-likeness (QED) is 0.461. The molecule has 1 aliphatic rings. The van der Waals surface area contributed by atoms with Gasteiger partial charge in [0.05, 0.1) is 18.5 Å². The molecular weight excluding hydrogens is 428 g/mol. The van der Waals surface area contributed by atoms with Gasteiger partial charge in [-0.15, -0.1) is 0 Å². The Balaban J connectivity index is 1.48. The van der Waals surface area contributed by atoms with Crippen molar-refractivity contribution in [2.75, 3.05) is 6.79 Å². The number of pyridine rings is 1. The second-order valence-electron chi connectivity index (χ2n) is 8.77. The van der Waals surface area contributed by atoms with Gasteiger partial charge in [0.25, 0.3) is 5.56 Å². The minimum absolute atomic E-state index is 0.0520. The lowest BCUT2D eigenvalue weighted by molar-refractivity contribution is -0.131. The molecule has 4 aromatic rings. The molecule has 1 aliphatic heterocycles. The molecule has 6 heteroatoms. The number of aryl methyl sites for hydroxylation is 2.